The number of terminal acetylenes is 1. The molecule has 112 valence electrons. The number of ether oxygens (including phenoxy) is 1. The predicted molar refractivity (Wildman–Crippen MR) is 83.2 cm³/mol. The molecular weight excluding hydrogens is 266 g/mol. The van der Waals surface area contributed by atoms with Crippen LogP contribution >= 0.6 is 0 Å². The number of rotatable bonds is 4. The maximum absolute atomic E-state index is 12.1. The van der Waals surface area contributed by atoms with E-state index in [1.807, 2.05) is 24.3 Å². The largest absolute Gasteiger partial charge is 0.497 e. The summed E-state index contributed by atoms with van der Waals surface area (Å²) in [6.07, 6.45) is 5.49. The molecular formula is C16H21N3O2. The zero-order valence-electron chi connectivity index (χ0n) is 12.3. The molecule has 1 aromatic rings. The van der Waals surface area contributed by atoms with Crippen molar-refractivity contribution in [2.45, 2.75) is 12.5 Å². The molecule has 1 heterocycles. The van der Waals surface area contributed by atoms with E-state index in [-0.39, 0.29) is 12.3 Å². The number of nitrogens with zero attached hydrogens (tertiary/aromatic N) is 2. The smallest absolute Gasteiger partial charge is 0.240 e. The second-order valence-electron chi connectivity index (χ2n) is 5.03. The third kappa shape index (κ3) is 3.67. The minimum absolute atomic E-state index is 0.0534. The van der Waals surface area contributed by atoms with Crippen molar-refractivity contribution in [2.24, 2.45) is 5.73 Å². The second kappa shape index (κ2) is 7.00. The summed E-state index contributed by atoms with van der Waals surface area (Å²) in [6.45, 7) is 2.92. The highest BCUT2D eigenvalue weighted by molar-refractivity contribution is 5.82. The Hall–Kier alpha value is -2.19. The van der Waals surface area contributed by atoms with Crippen molar-refractivity contribution in [3.63, 3.8) is 0 Å². The van der Waals surface area contributed by atoms with Crippen LogP contribution in [0.3, 0.4) is 0 Å². The molecule has 0 spiro atoms. The van der Waals surface area contributed by atoms with Gasteiger partial charge in [0.15, 0.2) is 0 Å². The van der Waals surface area contributed by atoms with Crippen molar-refractivity contribution in [1.82, 2.24) is 4.90 Å². The molecule has 1 aliphatic rings. The second-order valence-corrected chi connectivity index (χ2v) is 5.03. The average Bonchev–Trinajstić information content (AvgIpc) is 2.54. The van der Waals surface area contributed by atoms with Gasteiger partial charge < -0.3 is 20.3 Å². The number of hydrogen-bond donors (Lipinski definition) is 1. The van der Waals surface area contributed by atoms with Crippen LogP contribution in [0.25, 0.3) is 0 Å². The van der Waals surface area contributed by atoms with Gasteiger partial charge in [-0.2, -0.15) is 0 Å². The number of carbonyl (C=O) groups is 1. The first kappa shape index (κ1) is 15.2. The highest BCUT2D eigenvalue weighted by atomic mass is 16.5. The van der Waals surface area contributed by atoms with Gasteiger partial charge in [0, 0.05) is 38.3 Å². The van der Waals surface area contributed by atoms with Crippen molar-refractivity contribution in [3.05, 3.63) is 24.3 Å². The van der Waals surface area contributed by atoms with Gasteiger partial charge in [0.1, 0.15) is 5.75 Å². The third-order valence-electron chi connectivity index (χ3n) is 3.68. The fourth-order valence-electron chi connectivity index (χ4n) is 2.43. The normalized spacial score (nSPS) is 16.2. The van der Waals surface area contributed by atoms with E-state index in [1.54, 1.807) is 12.0 Å². The highest BCUT2D eigenvalue weighted by Crippen LogP contribution is 2.20. The number of nitrogens with two attached hydrogens (primary N) is 1. The van der Waals surface area contributed by atoms with Crippen molar-refractivity contribution in [1.29, 1.82) is 0 Å². The number of hydrogen-bond acceptors (Lipinski definition) is 4. The van der Waals surface area contributed by atoms with Gasteiger partial charge in [-0.05, 0) is 24.3 Å². The predicted octanol–water partition coefficient (Wildman–Crippen LogP) is 0.694. The monoisotopic (exact) mass is 287 g/mol. The number of anilines is 1. The molecule has 1 aliphatic heterocycles. The molecule has 1 amide bonds. The summed E-state index contributed by atoms with van der Waals surface area (Å²) in [5.41, 5.74) is 6.91. The Labute approximate surface area is 125 Å². The fourth-order valence-corrected chi connectivity index (χ4v) is 2.43. The first-order valence-electron chi connectivity index (χ1n) is 7.02. The minimum atomic E-state index is -0.581. The van der Waals surface area contributed by atoms with Gasteiger partial charge in [-0.15, -0.1) is 12.3 Å². The summed E-state index contributed by atoms with van der Waals surface area (Å²) in [4.78, 5) is 16.1. The Balaban J connectivity index is 1.90. The number of carbonyl (C=O) groups excluding carboxylic acids is 1. The minimum Gasteiger partial charge on any atom is -0.497 e. The molecule has 2 N–H and O–H groups in total. The fraction of sp³-hybridized carbons (Fsp3) is 0.438. The molecule has 1 fully saturated rings. The van der Waals surface area contributed by atoms with E-state index in [4.69, 9.17) is 16.9 Å². The number of piperazine rings is 1. The molecule has 5 nitrogen and oxygen atoms in total. The molecule has 2 rings (SSSR count). The lowest BCUT2D eigenvalue weighted by Crippen LogP contribution is -2.53. The summed E-state index contributed by atoms with van der Waals surface area (Å²) >= 11 is 0. The van der Waals surface area contributed by atoms with Crippen LogP contribution in [0.4, 0.5) is 5.69 Å². The first-order valence-corrected chi connectivity index (χ1v) is 7.02. The summed E-state index contributed by atoms with van der Waals surface area (Å²) in [7, 11) is 1.65. The van der Waals surface area contributed by atoms with Gasteiger partial charge in [-0.3, -0.25) is 4.79 Å². The van der Waals surface area contributed by atoms with Crippen LogP contribution in [-0.4, -0.2) is 50.1 Å². The van der Waals surface area contributed by atoms with Gasteiger partial charge in [-0.25, -0.2) is 0 Å². The molecule has 1 aromatic carbocycles. The van der Waals surface area contributed by atoms with E-state index in [1.165, 1.54) is 0 Å². The SMILES string of the molecule is C#CCC(N)C(=O)N1CCN(c2ccc(OC)cc2)CC1. The van der Waals surface area contributed by atoms with Crippen molar-refractivity contribution < 1.29 is 9.53 Å². The van der Waals surface area contributed by atoms with E-state index >= 15 is 0 Å². The van der Waals surface area contributed by atoms with Gasteiger partial charge in [-0.1, -0.05) is 0 Å². The van der Waals surface area contributed by atoms with Crippen molar-refractivity contribution in [3.8, 4) is 18.1 Å². The molecule has 0 saturated carbocycles. The molecule has 0 bridgehead atoms. The van der Waals surface area contributed by atoms with Crippen LogP contribution in [0.1, 0.15) is 6.42 Å². The van der Waals surface area contributed by atoms with Crippen LogP contribution in [0.2, 0.25) is 0 Å². The van der Waals surface area contributed by atoms with E-state index in [2.05, 4.69) is 10.8 Å². The van der Waals surface area contributed by atoms with Gasteiger partial charge in [0.05, 0.1) is 13.2 Å². The maximum Gasteiger partial charge on any atom is 0.240 e. The molecule has 1 atom stereocenters. The van der Waals surface area contributed by atoms with Crippen LogP contribution in [-0.2, 0) is 4.79 Å². The maximum atomic E-state index is 12.1. The van der Waals surface area contributed by atoms with Crippen LogP contribution in [0, 0.1) is 12.3 Å². The lowest BCUT2D eigenvalue weighted by Gasteiger charge is -2.37. The summed E-state index contributed by atoms with van der Waals surface area (Å²) < 4.78 is 5.15. The molecule has 0 radical (unpaired) electrons. The Morgan fingerprint density at radius 3 is 2.48 bits per heavy atom. The Bertz CT molecular complexity index is 513. The van der Waals surface area contributed by atoms with Gasteiger partial charge >= 0.3 is 0 Å². The topological polar surface area (TPSA) is 58.8 Å². The Morgan fingerprint density at radius 1 is 1.33 bits per heavy atom. The van der Waals surface area contributed by atoms with E-state index in [0.29, 0.717) is 13.1 Å². The molecule has 0 aromatic heterocycles. The number of methoxy groups -OCH3 is 1. The Morgan fingerprint density at radius 2 is 1.95 bits per heavy atom. The quantitative estimate of drug-likeness (QED) is 0.828. The summed E-state index contributed by atoms with van der Waals surface area (Å²) in [6, 6.07) is 7.36. The van der Waals surface area contributed by atoms with Crippen LogP contribution < -0.4 is 15.4 Å². The zero-order chi connectivity index (χ0) is 15.2. The van der Waals surface area contributed by atoms with Crippen molar-refractivity contribution in [2.75, 3.05) is 38.2 Å². The van der Waals surface area contributed by atoms with E-state index in [9.17, 15) is 4.79 Å². The van der Waals surface area contributed by atoms with E-state index < -0.39 is 6.04 Å². The van der Waals surface area contributed by atoms with Crippen LogP contribution in [0.5, 0.6) is 5.75 Å². The molecule has 1 unspecified atom stereocenters. The summed E-state index contributed by atoms with van der Waals surface area (Å²) in [5.74, 6) is 3.23. The van der Waals surface area contributed by atoms with Crippen LogP contribution in [0.15, 0.2) is 24.3 Å². The van der Waals surface area contributed by atoms with Gasteiger partial charge in [0.2, 0.25) is 5.91 Å². The lowest BCUT2D eigenvalue weighted by atomic mass is 10.1. The number of amides is 1. The molecule has 21 heavy (non-hydrogen) atoms. The Kier molecular flexibility index (Phi) is 5.07. The first-order chi connectivity index (χ1) is 10.2. The summed E-state index contributed by atoms with van der Waals surface area (Å²) in [5, 5.41) is 0. The average molecular weight is 287 g/mol. The number of benzene rings is 1. The van der Waals surface area contributed by atoms with Gasteiger partial charge in [0.25, 0.3) is 0 Å². The molecule has 1 saturated heterocycles. The zero-order valence-corrected chi connectivity index (χ0v) is 12.3. The van der Waals surface area contributed by atoms with Crippen molar-refractivity contribution >= 4 is 11.6 Å². The molecule has 0 aliphatic carbocycles. The molecule has 5 heteroatoms. The highest BCUT2D eigenvalue weighted by Gasteiger charge is 2.24. The lowest BCUT2D eigenvalue weighted by molar-refractivity contribution is -0.132. The third-order valence-corrected chi connectivity index (χ3v) is 3.68. The standard InChI is InChI=1S/C16H21N3O2/c1-3-4-15(17)16(20)19-11-9-18(10-12-19)13-5-7-14(21-2)8-6-13/h1,5-8,15H,4,9-12,17H2,2H3. The van der Waals surface area contributed by atoms with E-state index in [0.717, 1.165) is 24.5 Å².